The second-order valence-electron chi connectivity index (χ2n) is 3.28. The van der Waals surface area contributed by atoms with E-state index in [1.807, 2.05) is 0 Å². The van der Waals surface area contributed by atoms with E-state index in [9.17, 15) is 4.79 Å². The molecule has 0 saturated heterocycles. The van der Waals surface area contributed by atoms with Gasteiger partial charge in [-0.15, -0.1) is 10.2 Å². The number of aromatic nitrogens is 2. The minimum absolute atomic E-state index is 0.0866. The summed E-state index contributed by atoms with van der Waals surface area (Å²) in [5.74, 6) is -0.798. The summed E-state index contributed by atoms with van der Waals surface area (Å²) in [6, 6.07) is 4.81. The predicted molar refractivity (Wildman–Crippen MR) is 66.4 cm³/mol. The molecule has 0 spiro atoms. The summed E-state index contributed by atoms with van der Waals surface area (Å²) in [6.45, 7) is 0. The molecule has 0 radical (unpaired) electrons. The van der Waals surface area contributed by atoms with Gasteiger partial charge >= 0.3 is 5.97 Å². The van der Waals surface area contributed by atoms with Crippen molar-refractivity contribution in [3.05, 3.63) is 40.2 Å². The molecule has 0 aliphatic carbocycles. The molecule has 1 N–H and O–H groups in total. The summed E-state index contributed by atoms with van der Waals surface area (Å²) in [5, 5.41) is 16.8. The second-order valence-corrected chi connectivity index (χ2v) is 4.15. The van der Waals surface area contributed by atoms with Crippen molar-refractivity contribution in [1.82, 2.24) is 10.2 Å². The van der Waals surface area contributed by atoms with Crippen LogP contribution in [0.2, 0.25) is 10.0 Å². The lowest BCUT2D eigenvalue weighted by atomic mass is 10.2. The van der Waals surface area contributed by atoms with Crippen molar-refractivity contribution in [1.29, 1.82) is 0 Å². The number of hydrogen-bond donors (Lipinski definition) is 1. The van der Waals surface area contributed by atoms with Crippen LogP contribution in [-0.2, 0) is 4.79 Å². The van der Waals surface area contributed by atoms with Gasteiger partial charge in [-0.05, 0) is 18.2 Å². The van der Waals surface area contributed by atoms with E-state index in [0.717, 1.165) is 6.08 Å². The number of benzene rings is 1. The molecule has 1 aromatic carbocycles. The zero-order chi connectivity index (χ0) is 13.1. The van der Waals surface area contributed by atoms with Gasteiger partial charge in [0.1, 0.15) is 0 Å². The lowest BCUT2D eigenvalue weighted by molar-refractivity contribution is -0.131. The summed E-state index contributed by atoms with van der Waals surface area (Å²) in [6.07, 6.45) is 2.10. The molecule has 0 atom stereocenters. The van der Waals surface area contributed by atoms with Gasteiger partial charge in [-0.2, -0.15) is 0 Å². The van der Waals surface area contributed by atoms with Gasteiger partial charge in [0.15, 0.2) is 0 Å². The minimum atomic E-state index is -1.10. The smallest absolute Gasteiger partial charge is 0.328 e. The molecule has 92 valence electrons. The molecular formula is C11H6Cl2N2O3. The van der Waals surface area contributed by atoms with E-state index in [0.29, 0.717) is 15.6 Å². The fourth-order valence-electron chi connectivity index (χ4n) is 1.24. The molecule has 0 aliphatic heterocycles. The van der Waals surface area contributed by atoms with E-state index in [1.165, 1.54) is 6.08 Å². The molecule has 2 rings (SSSR count). The normalized spacial score (nSPS) is 11.0. The maximum atomic E-state index is 10.3. The van der Waals surface area contributed by atoms with Crippen molar-refractivity contribution < 1.29 is 14.3 Å². The standard InChI is InChI=1S/C11H6Cl2N2O3/c12-7-3-6(4-8(13)5-7)11-15-14-9(18-11)1-2-10(16)17/h1-5H,(H,16,17)/b2-1+. The average molecular weight is 285 g/mol. The minimum Gasteiger partial charge on any atom is -0.478 e. The van der Waals surface area contributed by atoms with Crippen LogP contribution in [0.4, 0.5) is 0 Å². The Balaban J connectivity index is 2.32. The Morgan fingerprint density at radius 2 is 1.89 bits per heavy atom. The summed E-state index contributed by atoms with van der Waals surface area (Å²) < 4.78 is 5.24. The van der Waals surface area contributed by atoms with Crippen LogP contribution >= 0.6 is 23.2 Å². The summed E-state index contributed by atoms with van der Waals surface area (Å²) >= 11 is 11.7. The SMILES string of the molecule is O=C(O)/C=C/c1nnc(-c2cc(Cl)cc(Cl)c2)o1. The van der Waals surface area contributed by atoms with Gasteiger partial charge in [0.25, 0.3) is 0 Å². The van der Waals surface area contributed by atoms with Crippen LogP contribution < -0.4 is 0 Å². The van der Waals surface area contributed by atoms with Crippen LogP contribution in [0.1, 0.15) is 5.89 Å². The number of carboxylic acids is 1. The molecule has 5 nitrogen and oxygen atoms in total. The molecule has 0 unspecified atom stereocenters. The van der Waals surface area contributed by atoms with Crippen molar-refractivity contribution in [2.75, 3.05) is 0 Å². The van der Waals surface area contributed by atoms with Crippen LogP contribution in [0.25, 0.3) is 17.5 Å². The molecule has 18 heavy (non-hydrogen) atoms. The van der Waals surface area contributed by atoms with E-state index in [-0.39, 0.29) is 11.8 Å². The van der Waals surface area contributed by atoms with E-state index >= 15 is 0 Å². The molecule has 0 saturated carbocycles. The number of carboxylic acid groups (broad SMARTS) is 1. The number of halogens is 2. The first-order chi connectivity index (χ1) is 8.54. The Bertz CT molecular complexity index is 602. The lowest BCUT2D eigenvalue weighted by Crippen LogP contribution is -1.85. The number of aliphatic carboxylic acids is 1. The summed E-state index contributed by atoms with van der Waals surface area (Å²) in [4.78, 5) is 10.3. The molecule has 7 heteroatoms. The highest BCUT2D eigenvalue weighted by molar-refractivity contribution is 6.35. The van der Waals surface area contributed by atoms with Gasteiger partial charge < -0.3 is 9.52 Å². The molecule has 1 heterocycles. The van der Waals surface area contributed by atoms with Gasteiger partial charge in [-0.3, -0.25) is 0 Å². The molecule has 0 aliphatic rings. The first kappa shape index (κ1) is 12.6. The van der Waals surface area contributed by atoms with Crippen LogP contribution in [0.5, 0.6) is 0 Å². The van der Waals surface area contributed by atoms with Crippen LogP contribution in [0.3, 0.4) is 0 Å². The van der Waals surface area contributed by atoms with E-state index in [1.54, 1.807) is 18.2 Å². The zero-order valence-electron chi connectivity index (χ0n) is 8.80. The first-order valence-electron chi connectivity index (χ1n) is 4.75. The van der Waals surface area contributed by atoms with Gasteiger partial charge in [-0.1, -0.05) is 23.2 Å². The topological polar surface area (TPSA) is 76.2 Å². The molecule has 0 bridgehead atoms. The Morgan fingerprint density at radius 3 is 2.50 bits per heavy atom. The fourth-order valence-corrected chi connectivity index (χ4v) is 1.76. The van der Waals surface area contributed by atoms with E-state index in [4.69, 9.17) is 32.7 Å². The lowest BCUT2D eigenvalue weighted by Gasteiger charge is -1.97. The number of hydrogen-bond acceptors (Lipinski definition) is 4. The fraction of sp³-hybridized carbons (Fsp3) is 0. The highest BCUT2D eigenvalue weighted by atomic mass is 35.5. The quantitative estimate of drug-likeness (QED) is 0.876. The maximum Gasteiger partial charge on any atom is 0.328 e. The van der Waals surface area contributed by atoms with Gasteiger partial charge in [0.2, 0.25) is 11.8 Å². The zero-order valence-corrected chi connectivity index (χ0v) is 10.3. The Morgan fingerprint density at radius 1 is 1.22 bits per heavy atom. The molecular weight excluding hydrogens is 279 g/mol. The summed E-state index contributed by atoms with van der Waals surface area (Å²) in [5.41, 5.74) is 0.565. The Labute approximate surface area is 112 Å². The number of nitrogens with zero attached hydrogens (tertiary/aromatic N) is 2. The largest absolute Gasteiger partial charge is 0.478 e. The highest BCUT2D eigenvalue weighted by Gasteiger charge is 2.08. The maximum absolute atomic E-state index is 10.3. The third-order valence-electron chi connectivity index (χ3n) is 1.92. The van der Waals surface area contributed by atoms with Crippen LogP contribution in [0, 0.1) is 0 Å². The third kappa shape index (κ3) is 3.09. The molecule has 0 fully saturated rings. The first-order valence-corrected chi connectivity index (χ1v) is 5.51. The predicted octanol–water partition coefficient (Wildman–Crippen LogP) is 3.14. The van der Waals surface area contributed by atoms with Gasteiger partial charge in [-0.25, -0.2) is 4.79 Å². The molecule has 0 amide bonds. The Kier molecular flexibility index (Phi) is 3.64. The second kappa shape index (κ2) is 5.20. The third-order valence-corrected chi connectivity index (χ3v) is 2.36. The Hall–Kier alpha value is -1.85. The average Bonchev–Trinajstić information content (AvgIpc) is 2.73. The highest BCUT2D eigenvalue weighted by Crippen LogP contribution is 2.26. The van der Waals surface area contributed by atoms with Gasteiger partial charge in [0.05, 0.1) is 0 Å². The number of rotatable bonds is 3. The van der Waals surface area contributed by atoms with Crippen LogP contribution in [0.15, 0.2) is 28.7 Å². The van der Waals surface area contributed by atoms with E-state index in [2.05, 4.69) is 10.2 Å². The monoisotopic (exact) mass is 284 g/mol. The number of carbonyl (C=O) groups is 1. The van der Waals surface area contributed by atoms with Crippen molar-refractivity contribution in [3.63, 3.8) is 0 Å². The molecule has 1 aromatic heterocycles. The van der Waals surface area contributed by atoms with Crippen LogP contribution in [-0.4, -0.2) is 21.3 Å². The van der Waals surface area contributed by atoms with Crippen molar-refractivity contribution in [3.8, 4) is 11.5 Å². The van der Waals surface area contributed by atoms with Gasteiger partial charge in [0, 0.05) is 27.8 Å². The summed E-state index contributed by atoms with van der Waals surface area (Å²) in [7, 11) is 0. The van der Waals surface area contributed by atoms with E-state index < -0.39 is 5.97 Å². The van der Waals surface area contributed by atoms with Crippen molar-refractivity contribution in [2.24, 2.45) is 0 Å². The van der Waals surface area contributed by atoms with Crippen molar-refractivity contribution >= 4 is 35.2 Å². The van der Waals surface area contributed by atoms with Crippen molar-refractivity contribution in [2.45, 2.75) is 0 Å². The molecule has 2 aromatic rings.